The fraction of sp³-hybridized carbons (Fsp3) is 1.00. The molecule has 0 aromatic heterocycles. The summed E-state index contributed by atoms with van der Waals surface area (Å²) in [5.41, 5.74) is 0.254. The SMILES string of the molecule is CN(CCOC(C)(C)C)CC(C)(C)SCCOCCOCCOCCOCCC(C)(C)C. The Labute approximate surface area is 203 Å². The maximum atomic E-state index is 5.82. The molecule has 0 atom stereocenters. The van der Waals surface area contributed by atoms with Gasteiger partial charge in [-0.15, -0.1) is 0 Å². The first-order valence-electron chi connectivity index (χ1n) is 12.1. The Kier molecular flexibility index (Phi) is 17.6. The lowest BCUT2D eigenvalue weighted by Crippen LogP contribution is -2.37. The van der Waals surface area contributed by atoms with Crippen LogP contribution in [0.4, 0.5) is 0 Å². The number of ether oxygens (including phenoxy) is 5. The maximum Gasteiger partial charge on any atom is 0.0701 e. The topological polar surface area (TPSA) is 49.4 Å². The second-order valence-electron chi connectivity index (χ2n) is 11.1. The van der Waals surface area contributed by atoms with Crippen molar-refractivity contribution < 1.29 is 23.7 Å². The Balaban J connectivity index is 3.46. The third kappa shape index (κ3) is 24.7. The van der Waals surface area contributed by atoms with Crippen molar-refractivity contribution in [3.05, 3.63) is 0 Å². The van der Waals surface area contributed by atoms with Gasteiger partial charge in [-0.2, -0.15) is 11.8 Å². The van der Waals surface area contributed by atoms with E-state index in [2.05, 4.69) is 67.3 Å². The van der Waals surface area contributed by atoms with E-state index < -0.39 is 0 Å². The van der Waals surface area contributed by atoms with Gasteiger partial charge >= 0.3 is 0 Å². The Hall–Kier alpha value is 0.110. The molecule has 0 aromatic rings. The highest BCUT2D eigenvalue weighted by Gasteiger charge is 2.21. The van der Waals surface area contributed by atoms with Gasteiger partial charge in [-0.25, -0.2) is 0 Å². The molecule has 0 unspecified atom stereocenters. The Morgan fingerprint density at radius 3 is 1.56 bits per heavy atom. The molecule has 0 aliphatic carbocycles. The lowest BCUT2D eigenvalue weighted by molar-refractivity contribution is -0.0111. The van der Waals surface area contributed by atoms with E-state index in [0.717, 1.165) is 45.1 Å². The number of hydrogen-bond donors (Lipinski definition) is 0. The van der Waals surface area contributed by atoms with Crippen LogP contribution in [0.1, 0.15) is 61.8 Å². The second kappa shape index (κ2) is 17.5. The largest absolute Gasteiger partial charge is 0.379 e. The highest BCUT2D eigenvalue weighted by Crippen LogP contribution is 2.25. The van der Waals surface area contributed by atoms with Gasteiger partial charge in [0.2, 0.25) is 0 Å². The molecule has 0 saturated carbocycles. The van der Waals surface area contributed by atoms with E-state index in [1.807, 2.05) is 11.8 Å². The molecule has 0 aliphatic rings. The van der Waals surface area contributed by atoms with Gasteiger partial charge in [-0.05, 0) is 53.5 Å². The van der Waals surface area contributed by atoms with E-state index in [1.165, 1.54) is 0 Å². The normalized spacial score (nSPS) is 13.3. The molecular formula is C25H53NO5S. The number of nitrogens with zero attached hydrogens (tertiary/aromatic N) is 1. The van der Waals surface area contributed by atoms with Crippen molar-refractivity contribution in [3.63, 3.8) is 0 Å². The third-order valence-corrected chi connectivity index (χ3v) is 5.77. The van der Waals surface area contributed by atoms with Crippen molar-refractivity contribution in [1.82, 2.24) is 4.90 Å². The molecule has 0 bridgehead atoms. The second-order valence-corrected chi connectivity index (χ2v) is 12.9. The maximum absolute atomic E-state index is 5.82. The molecular weight excluding hydrogens is 426 g/mol. The molecule has 32 heavy (non-hydrogen) atoms. The lowest BCUT2D eigenvalue weighted by atomic mass is 9.93. The monoisotopic (exact) mass is 479 g/mol. The minimum absolute atomic E-state index is 0.0696. The van der Waals surface area contributed by atoms with Crippen LogP contribution in [-0.4, -0.2) is 101 Å². The highest BCUT2D eigenvalue weighted by atomic mass is 32.2. The van der Waals surface area contributed by atoms with Crippen molar-refractivity contribution in [3.8, 4) is 0 Å². The van der Waals surface area contributed by atoms with E-state index in [9.17, 15) is 0 Å². The number of rotatable bonds is 20. The van der Waals surface area contributed by atoms with Crippen molar-refractivity contribution >= 4 is 11.8 Å². The smallest absolute Gasteiger partial charge is 0.0701 e. The zero-order chi connectivity index (χ0) is 24.5. The van der Waals surface area contributed by atoms with Crippen LogP contribution in [0.25, 0.3) is 0 Å². The van der Waals surface area contributed by atoms with Crippen molar-refractivity contribution in [2.24, 2.45) is 5.41 Å². The number of hydrogen-bond acceptors (Lipinski definition) is 7. The summed E-state index contributed by atoms with van der Waals surface area (Å²) in [4.78, 5) is 2.34. The quantitative estimate of drug-likeness (QED) is 0.234. The van der Waals surface area contributed by atoms with E-state index in [1.54, 1.807) is 0 Å². The number of likely N-dealkylation sites (N-methyl/N-ethyl adjacent to an activating group) is 1. The molecule has 0 saturated heterocycles. The zero-order valence-electron chi connectivity index (χ0n) is 22.6. The predicted molar refractivity (Wildman–Crippen MR) is 137 cm³/mol. The van der Waals surface area contributed by atoms with Crippen LogP contribution >= 0.6 is 11.8 Å². The van der Waals surface area contributed by atoms with Gasteiger partial charge in [0.25, 0.3) is 0 Å². The molecule has 0 radical (unpaired) electrons. The molecule has 0 spiro atoms. The summed E-state index contributed by atoms with van der Waals surface area (Å²) in [5, 5.41) is 0. The van der Waals surface area contributed by atoms with Gasteiger partial charge in [-0.1, -0.05) is 20.8 Å². The molecule has 194 valence electrons. The minimum Gasteiger partial charge on any atom is -0.379 e. The first-order chi connectivity index (χ1) is 14.8. The fourth-order valence-corrected chi connectivity index (χ4v) is 3.86. The summed E-state index contributed by atoms with van der Waals surface area (Å²) >= 11 is 1.95. The Bertz CT molecular complexity index is 435. The average Bonchev–Trinajstić information content (AvgIpc) is 2.62. The summed E-state index contributed by atoms with van der Waals surface area (Å²) in [7, 11) is 2.16. The molecule has 7 heteroatoms. The highest BCUT2D eigenvalue weighted by molar-refractivity contribution is 8.00. The van der Waals surface area contributed by atoms with Crippen molar-refractivity contribution in [1.29, 1.82) is 0 Å². The summed E-state index contributed by atoms with van der Waals surface area (Å²) in [6, 6.07) is 0. The summed E-state index contributed by atoms with van der Waals surface area (Å²) < 4.78 is 28.3. The van der Waals surface area contributed by atoms with Gasteiger partial charge in [0.15, 0.2) is 0 Å². The number of thioether (sulfide) groups is 1. The van der Waals surface area contributed by atoms with Crippen LogP contribution in [0, 0.1) is 5.41 Å². The van der Waals surface area contributed by atoms with Crippen LogP contribution in [0.15, 0.2) is 0 Å². The molecule has 6 nitrogen and oxygen atoms in total. The molecule has 0 fully saturated rings. The van der Waals surface area contributed by atoms with Crippen LogP contribution in [0.2, 0.25) is 0 Å². The van der Waals surface area contributed by atoms with Gasteiger partial charge in [0.05, 0.1) is 58.5 Å². The Morgan fingerprint density at radius 1 is 0.625 bits per heavy atom. The molecule has 0 aliphatic heterocycles. The van der Waals surface area contributed by atoms with Gasteiger partial charge in [0, 0.05) is 30.2 Å². The summed E-state index contributed by atoms with van der Waals surface area (Å²) in [6.45, 7) is 25.5. The van der Waals surface area contributed by atoms with Crippen LogP contribution < -0.4 is 0 Å². The van der Waals surface area contributed by atoms with E-state index in [4.69, 9.17) is 23.7 Å². The summed E-state index contributed by atoms with van der Waals surface area (Å²) in [5.74, 6) is 0.984. The van der Waals surface area contributed by atoms with Gasteiger partial charge in [0.1, 0.15) is 0 Å². The molecule has 0 amide bonds. The third-order valence-electron chi connectivity index (χ3n) is 4.49. The first-order valence-corrected chi connectivity index (χ1v) is 13.1. The summed E-state index contributed by atoms with van der Waals surface area (Å²) in [6.07, 6.45) is 1.07. The van der Waals surface area contributed by atoms with Crippen molar-refractivity contribution in [2.75, 3.05) is 85.4 Å². The first kappa shape index (κ1) is 32.1. The minimum atomic E-state index is -0.0696. The van der Waals surface area contributed by atoms with Gasteiger partial charge in [-0.3, -0.25) is 0 Å². The van der Waals surface area contributed by atoms with E-state index in [-0.39, 0.29) is 10.3 Å². The van der Waals surface area contributed by atoms with E-state index in [0.29, 0.717) is 45.1 Å². The fourth-order valence-electron chi connectivity index (χ4n) is 2.80. The lowest BCUT2D eigenvalue weighted by Gasteiger charge is -2.30. The van der Waals surface area contributed by atoms with Crippen LogP contribution in [-0.2, 0) is 23.7 Å². The Morgan fingerprint density at radius 2 is 1.09 bits per heavy atom. The standard InChI is InChI=1S/C25H53NO5S/c1-23(2,3)10-12-27-14-15-28-16-17-29-18-19-30-20-21-32-25(7,8)22-26(9)11-13-31-24(4,5)6/h10-22H2,1-9H3. The molecule has 0 heterocycles. The molecule has 0 aromatic carbocycles. The van der Waals surface area contributed by atoms with Crippen LogP contribution in [0.3, 0.4) is 0 Å². The average molecular weight is 480 g/mol. The zero-order valence-corrected chi connectivity index (χ0v) is 23.4. The molecule has 0 N–H and O–H groups in total. The molecule has 0 rings (SSSR count). The van der Waals surface area contributed by atoms with E-state index >= 15 is 0 Å². The van der Waals surface area contributed by atoms with Crippen molar-refractivity contribution in [2.45, 2.75) is 72.2 Å². The predicted octanol–water partition coefficient (Wildman–Crippen LogP) is 4.75. The van der Waals surface area contributed by atoms with Crippen LogP contribution in [0.5, 0.6) is 0 Å². The van der Waals surface area contributed by atoms with Gasteiger partial charge < -0.3 is 28.6 Å².